The van der Waals surface area contributed by atoms with Crippen LogP contribution in [0, 0.1) is 5.92 Å². The van der Waals surface area contributed by atoms with Gasteiger partial charge >= 0.3 is 5.97 Å². The molecular formula is C16H30N2O3. The van der Waals surface area contributed by atoms with Crippen molar-refractivity contribution in [3.63, 3.8) is 0 Å². The summed E-state index contributed by atoms with van der Waals surface area (Å²) in [5, 5.41) is 3.59. The molecule has 1 atom stereocenters. The normalized spacial score (nSPS) is 21.6. The molecule has 2 aliphatic carbocycles. The van der Waals surface area contributed by atoms with Crippen LogP contribution in [-0.2, 0) is 14.3 Å². The van der Waals surface area contributed by atoms with Crippen LogP contribution in [0.3, 0.4) is 0 Å². The topological polar surface area (TPSA) is 50.8 Å². The lowest BCUT2D eigenvalue weighted by Gasteiger charge is -2.36. The second-order valence-electron chi connectivity index (χ2n) is 6.81. The van der Waals surface area contributed by atoms with Gasteiger partial charge in [0, 0.05) is 19.1 Å². The van der Waals surface area contributed by atoms with E-state index in [-0.39, 0.29) is 12.1 Å². The van der Waals surface area contributed by atoms with Gasteiger partial charge in [-0.15, -0.1) is 0 Å². The third-order valence-corrected chi connectivity index (χ3v) is 4.31. The second-order valence-corrected chi connectivity index (χ2v) is 6.81. The molecule has 0 amide bonds. The minimum atomic E-state index is -0.525. The number of hydrogen-bond donors (Lipinski definition) is 1. The Morgan fingerprint density at radius 1 is 1.33 bits per heavy atom. The summed E-state index contributed by atoms with van der Waals surface area (Å²) in [5.74, 6) is 0.313. The molecule has 0 aliphatic heterocycles. The molecule has 5 nitrogen and oxygen atoms in total. The Kier molecular flexibility index (Phi) is 5.63. The number of carbonyl (C=O) groups is 1. The van der Waals surface area contributed by atoms with Crippen LogP contribution in [0.15, 0.2) is 0 Å². The van der Waals surface area contributed by atoms with Crippen LogP contribution in [0.25, 0.3) is 0 Å². The Morgan fingerprint density at radius 2 is 2.00 bits per heavy atom. The lowest BCUT2D eigenvalue weighted by molar-refractivity contribution is -0.151. The highest BCUT2D eigenvalue weighted by molar-refractivity contribution is 5.82. The summed E-state index contributed by atoms with van der Waals surface area (Å²) in [6.07, 6.45) is 4.82. The molecule has 2 fully saturated rings. The quantitative estimate of drug-likeness (QED) is 0.618. The Hall–Kier alpha value is -0.650. The molecule has 5 heteroatoms. The average Bonchev–Trinajstić information content (AvgIpc) is 3.27. The van der Waals surface area contributed by atoms with Gasteiger partial charge in [-0.1, -0.05) is 0 Å². The monoisotopic (exact) mass is 298 g/mol. The van der Waals surface area contributed by atoms with Gasteiger partial charge in [0.2, 0.25) is 0 Å². The minimum absolute atomic E-state index is 0.103. The molecule has 2 rings (SSSR count). The SMILES string of the molecule is COC(=O)C(CN(C)CCOC(C)C)(NC1CC1)C1CC1. The summed E-state index contributed by atoms with van der Waals surface area (Å²) >= 11 is 0. The highest BCUT2D eigenvalue weighted by atomic mass is 16.5. The molecule has 0 radical (unpaired) electrons. The standard InChI is InChI=1S/C16H30N2O3/c1-12(2)21-10-9-18(3)11-16(13-5-6-13,15(19)20-4)17-14-7-8-14/h12-14,17H,5-11H2,1-4H3. The maximum atomic E-state index is 12.5. The van der Waals surface area contributed by atoms with Gasteiger partial charge in [-0.25, -0.2) is 4.79 Å². The molecule has 1 N–H and O–H groups in total. The summed E-state index contributed by atoms with van der Waals surface area (Å²) in [5.41, 5.74) is -0.525. The third kappa shape index (κ3) is 4.66. The number of nitrogens with zero attached hydrogens (tertiary/aromatic N) is 1. The number of methoxy groups -OCH3 is 1. The number of ether oxygens (including phenoxy) is 2. The number of hydrogen-bond acceptors (Lipinski definition) is 5. The van der Waals surface area contributed by atoms with Crippen molar-refractivity contribution >= 4 is 5.97 Å². The van der Waals surface area contributed by atoms with Gasteiger partial charge in [0.1, 0.15) is 5.54 Å². The van der Waals surface area contributed by atoms with Gasteiger partial charge in [0.15, 0.2) is 0 Å². The molecule has 0 heterocycles. The predicted octanol–water partition coefficient (Wildman–Crippen LogP) is 1.42. The smallest absolute Gasteiger partial charge is 0.327 e. The van der Waals surface area contributed by atoms with Crippen molar-refractivity contribution in [3.05, 3.63) is 0 Å². The van der Waals surface area contributed by atoms with Crippen LogP contribution in [0.1, 0.15) is 39.5 Å². The number of nitrogens with one attached hydrogen (secondary N) is 1. The number of rotatable bonds is 10. The lowest BCUT2D eigenvalue weighted by Crippen LogP contribution is -2.61. The van der Waals surface area contributed by atoms with E-state index in [4.69, 9.17) is 9.47 Å². The highest BCUT2D eigenvalue weighted by Gasteiger charge is 2.54. The summed E-state index contributed by atoms with van der Waals surface area (Å²) in [6, 6.07) is 0.491. The van der Waals surface area contributed by atoms with Crippen molar-refractivity contribution in [2.45, 2.75) is 57.2 Å². The van der Waals surface area contributed by atoms with Gasteiger partial charge in [-0.2, -0.15) is 0 Å². The average molecular weight is 298 g/mol. The molecule has 2 saturated carbocycles. The van der Waals surface area contributed by atoms with Gasteiger partial charge in [-0.3, -0.25) is 5.32 Å². The molecular weight excluding hydrogens is 268 g/mol. The predicted molar refractivity (Wildman–Crippen MR) is 82.2 cm³/mol. The lowest BCUT2D eigenvalue weighted by atomic mass is 9.92. The van der Waals surface area contributed by atoms with Crippen LogP contribution in [0.2, 0.25) is 0 Å². The van der Waals surface area contributed by atoms with Crippen LogP contribution in [-0.4, -0.2) is 62.4 Å². The van der Waals surface area contributed by atoms with E-state index < -0.39 is 5.54 Å². The van der Waals surface area contributed by atoms with E-state index in [2.05, 4.69) is 17.3 Å². The molecule has 0 aromatic rings. The molecule has 21 heavy (non-hydrogen) atoms. The molecule has 0 bridgehead atoms. The molecule has 0 aromatic heterocycles. The van der Waals surface area contributed by atoms with Crippen molar-refractivity contribution in [3.8, 4) is 0 Å². The summed E-state index contributed by atoms with van der Waals surface area (Å²) < 4.78 is 10.7. The van der Waals surface area contributed by atoms with Gasteiger partial charge in [-0.05, 0) is 52.5 Å². The molecule has 2 aliphatic rings. The number of likely N-dealkylation sites (N-methyl/N-ethyl adjacent to an activating group) is 1. The van der Waals surface area contributed by atoms with E-state index in [0.717, 1.165) is 19.4 Å². The van der Waals surface area contributed by atoms with Crippen LogP contribution < -0.4 is 5.32 Å². The van der Waals surface area contributed by atoms with Gasteiger partial charge in [0.05, 0.1) is 19.8 Å². The van der Waals surface area contributed by atoms with Crippen molar-refractivity contribution < 1.29 is 14.3 Å². The first-order chi connectivity index (χ1) is 9.98. The van der Waals surface area contributed by atoms with E-state index in [9.17, 15) is 4.79 Å². The first kappa shape index (κ1) is 16.7. The fourth-order valence-electron chi connectivity index (χ4n) is 2.88. The maximum absolute atomic E-state index is 12.5. The van der Waals surface area contributed by atoms with Crippen molar-refractivity contribution in [2.24, 2.45) is 5.92 Å². The molecule has 0 spiro atoms. The summed E-state index contributed by atoms with van der Waals surface area (Å²) in [6.45, 7) is 6.30. The van der Waals surface area contributed by atoms with E-state index in [0.29, 0.717) is 25.1 Å². The zero-order valence-electron chi connectivity index (χ0n) is 13.9. The Bertz CT molecular complexity index is 353. The second kappa shape index (κ2) is 7.07. The fourth-order valence-corrected chi connectivity index (χ4v) is 2.88. The van der Waals surface area contributed by atoms with E-state index >= 15 is 0 Å². The van der Waals surface area contributed by atoms with E-state index in [1.165, 1.54) is 20.0 Å². The molecule has 122 valence electrons. The van der Waals surface area contributed by atoms with Crippen molar-refractivity contribution in [1.29, 1.82) is 0 Å². The Labute approximate surface area is 128 Å². The minimum Gasteiger partial charge on any atom is -0.468 e. The van der Waals surface area contributed by atoms with Crippen molar-refractivity contribution in [2.75, 3.05) is 33.9 Å². The van der Waals surface area contributed by atoms with Crippen LogP contribution in [0.5, 0.6) is 0 Å². The largest absolute Gasteiger partial charge is 0.468 e. The van der Waals surface area contributed by atoms with Gasteiger partial charge in [0.25, 0.3) is 0 Å². The summed E-state index contributed by atoms with van der Waals surface area (Å²) in [4.78, 5) is 14.6. The Balaban J connectivity index is 1.95. The number of esters is 1. The number of carbonyl (C=O) groups excluding carboxylic acids is 1. The van der Waals surface area contributed by atoms with E-state index in [1.54, 1.807) is 0 Å². The first-order valence-electron chi connectivity index (χ1n) is 8.14. The fraction of sp³-hybridized carbons (Fsp3) is 0.938. The summed E-state index contributed by atoms with van der Waals surface area (Å²) in [7, 11) is 3.55. The van der Waals surface area contributed by atoms with Crippen LogP contribution >= 0.6 is 0 Å². The highest BCUT2D eigenvalue weighted by Crippen LogP contribution is 2.42. The molecule has 0 aromatic carbocycles. The Morgan fingerprint density at radius 3 is 2.48 bits per heavy atom. The zero-order chi connectivity index (χ0) is 15.5. The molecule has 0 saturated heterocycles. The van der Waals surface area contributed by atoms with Crippen molar-refractivity contribution in [1.82, 2.24) is 10.2 Å². The maximum Gasteiger partial charge on any atom is 0.327 e. The first-order valence-corrected chi connectivity index (χ1v) is 8.14. The van der Waals surface area contributed by atoms with Crippen LogP contribution in [0.4, 0.5) is 0 Å². The zero-order valence-corrected chi connectivity index (χ0v) is 13.9. The molecule has 1 unspecified atom stereocenters. The third-order valence-electron chi connectivity index (χ3n) is 4.31. The van der Waals surface area contributed by atoms with E-state index in [1.807, 2.05) is 13.8 Å². The van der Waals surface area contributed by atoms with Gasteiger partial charge < -0.3 is 14.4 Å².